The number of aromatic nitrogens is 1. The topological polar surface area (TPSA) is 91.8 Å². The fourth-order valence-corrected chi connectivity index (χ4v) is 7.24. The lowest BCUT2D eigenvalue weighted by Crippen LogP contribution is -2.58. The van der Waals surface area contributed by atoms with Crippen molar-refractivity contribution in [2.45, 2.75) is 58.5 Å². The minimum atomic E-state index is -0.633. The maximum atomic E-state index is 13.2. The molecule has 0 N–H and O–H groups in total. The van der Waals surface area contributed by atoms with Crippen molar-refractivity contribution in [2.24, 2.45) is 22.7 Å². The van der Waals surface area contributed by atoms with E-state index in [0.29, 0.717) is 30.6 Å². The van der Waals surface area contributed by atoms with Gasteiger partial charge in [0.05, 0.1) is 11.1 Å². The standard InChI is InChI=1S/C35H39NO6/c1-24-11-15-29-34(2,28(24)14-13-26-18-21-40-32(26)38)19-17-30(42-33(39)27-10-7-20-36-22-27)35(29,3)23-41-31(37)16-12-25-8-5-4-6-9-25/h4-10,13-14,18,20,22,28-30H,1,11-12,15-17,19,21,23H2,2-3H3/b14-13+/t28-,29+,30-,34+,35+/m1/s1. The number of esters is 3. The molecule has 0 amide bonds. The highest BCUT2D eigenvalue weighted by atomic mass is 16.6. The molecule has 3 aliphatic rings. The Morgan fingerprint density at radius 2 is 1.95 bits per heavy atom. The van der Waals surface area contributed by atoms with E-state index in [9.17, 15) is 14.4 Å². The highest BCUT2D eigenvalue weighted by Crippen LogP contribution is 2.62. The zero-order valence-corrected chi connectivity index (χ0v) is 24.4. The molecular weight excluding hydrogens is 530 g/mol. The monoisotopic (exact) mass is 569 g/mol. The molecule has 42 heavy (non-hydrogen) atoms. The summed E-state index contributed by atoms with van der Waals surface area (Å²) < 4.78 is 17.2. The van der Waals surface area contributed by atoms with E-state index in [1.807, 2.05) is 36.4 Å². The summed E-state index contributed by atoms with van der Waals surface area (Å²) in [7, 11) is 0. The molecule has 2 aliphatic carbocycles. The maximum Gasteiger partial charge on any atom is 0.339 e. The van der Waals surface area contributed by atoms with Crippen LogP contribution in [0.4, 0.5) is 0 Å². The summed E-state index contributed by atoms with van der Waals surface area (Å²) in [6.45, 7) is 9.20. The van der Waals surface area contributed by atoms with Gasteiger partial charge in [-0.25, -0.2) is 9.59 Å². The average Bonchev–Trinajstić information content (AvgIpc) is 3.41. The Kier molecular flexibility index (Phi) is 8.76. The van der Waals surface area contributed by atoms with Crippen LogP contribution < -0.4 is 0 Å². The SMILES string of the molecule is C=C1CC[C@@H]2[C@](C)(COC(=O)CCc3ccccc3)[C@H](OC(=O)c3cccnc3)CC[C@@]2(C)[C@@H]1/C=C/C1=CCOC1=O. The molecule has 5 atom stereocenters. The van der Waals surface area contributed by atoms with E-state index in [0.717, 1.165) is 30.4 Å². The van der Waals surface area contributed by atoms with E-state index in [2.05, 4.69) is 31.5 Å². The Balaban J connectivity index is 1.39. The summed E-state index contributed by atoms with van der Waals surface area (Å²) in [5, 5.41) is 0. The van der Waals surface area contributed by atoms with Gasteiger partial charge in [-0.05, 0) is 67.2 Å². The number of allylic oxidation sites excluding steroid dienone is 2. The first-order valence-corrected chi connectivity index (χ1v) is 14.7. The molecule has 220 valence electrons. The van der Waals surface area contributed by atoms with E-state index >= 15 is 0 Å². The number of hydrogen-bond acceptors (Lipinski definition) is 7. The Morgan fingerprint density at radius 1 is 1.14 bits per heavy atom. The number of hydrogen-bond donors (Lipinski definition) is 0. The van der Waals surface area contributed by atoms with E-state index < -0.39 is 17.5 Å². The molecule has 1 aromatic heterocycles. The van der Waals surface area contributed by atoms with Crippen LogP contribution in [0.1, 0.15) is 61.9 Å². The van der Waals surface area contributed by atoms with Crippen LogP contribution >= 0.6 is 0 Å². The first kappa shape index (κ1) is 29.5. The lowest BCUT2D eigenvalue weighted by atomic mass is 9.46. The number of pyridine rings is 1. The molecule has 2 saturated carbocycles. The number of rotatable bonds is 9. The van der Waals surface area contributed by atoms with Crippen LogP contribution in [0.25, 0.3) is 0 Å². The van der Waals surface area contributed by atoms with Gasteiger partial charge in [0, 0.05) is 30.1 Å². The molecule has 1 aliphatic heterocycles. The lowest BCUT2D eigenvalue weighted by molar-refractivity contribution is -0.173. The Hall–Kier alpha value is -4.00. The van der Waals surface area contributed by atoms with Gasteiger partial charge in [0.15, 0.2) is 0 Å². The Bertz CT molecular complexity index is 1380. The highest BCUT2D eigenvalue weighted by molar-refractivity contribution is 5.93. The number of cyclic esters (lactones) is 1. The second kappa shape index (κ2) is 12.5. The number of nitrogens with zero attached hydrogens (tertiary/aromatic N) is 1. The second-order valence-corrected chi connectivity index (χ2v) is 12.2. The number of carbonyl (C=O) groups excluding carboxylic acids is 3. The van der Waals surface area contributed by atoms with Crippen molar-refractivity contribution < 1.29 is 28.6 Å². The summed E-state index contributed by atoms with van der Waals surface area (Å²) >= 11 is 0. The minimum Gasteiger partial charge on any atom is -0.465 e. The zero-order chi connectivity index (χ0) is 29.7. The molecular formula is C35H39NO6. The fourth-order valence-electron chi connectivity index (χ4n) is 7.24. The van der Waals surface area contributed by atoms with Crippen LogP contribution in [0.5, 0.6) is 0 Å². The van der Waals surface area contributed by atoms with Crippen LogP contribution in [-0.4, -0.2) is 42.2 Å². The van der Waals surface area contributed by atoms with Gasteiger partial charge in [-0.2, -0.15) is 0 Å². The summed E-state index contributed by atoms with van der Waals surface area (Å²) in [6.07, 6.45) is 12.3. The second-order valence-electron chi connectivity index (χ2n) is 12.2. The van der Waals surface area contributed by atoms with Gasteiger partial charge in [-0.3, -0.25) is 9.78 Å². The number of aryl methyl sites for hydroxylation is 1. The molecule has 1 aromatic carbocycles. The number of carbonyl (C=O) groups is 3. The Morgan fingerprint density at radius 3 is 2.67 bits per heavy atom. The molecule has 0 spiro atoms. The van der Waals surface area contributed by atoms with Crippen molar-refractivity contribution in [3.05, 3.63) is 102 Å². The van der Waals surface area contributed by atoms with Gasteiger partial charge >= 0.3 is 17.9 Å². The third kappa shape index (κ3) is 6.10. The van der Waals surface area contributed by atoms with E-state index in [4.69, 9.17) is 14.2 Å². The molecule has 0 unspecified atom stereocenters. The summed E-state index contributed by atoms with van der Waals surface area (Å²) in [4.78, 5) is 42.3. The molecule has 0 saturated heterocycles. The Labute approximate surface area is 247 Å². The van der Waals surface area contributed by atoms with Crippen LogP contribution in [0, 0.1) is 22.7 Å². The zero-order valence-electron chi connectivity index (χ0n) is 24.4. The quantitative estimate of drug-likeness (QED) is 0.201. The van der Waals surface area contributed by atoms with Gasteiger partial charge in [0.2, 0.25) is 0 Å². The number of benzene rings is 1. The van der Waals surface area contributed by atoms with Gasteiger partial charge in [-0.15, -0.1) is 0 Å². The van der Waals surface area contributed by atoms with Crippen molar-refractivity contribution in [1.82, 2.24) is 4.98 Å². The van der Waals surface area contributed by atoms with Crippen molar-refractivity contribution in [1.29, 1.82) is 0 Å². The van der Waals surface area contributed by atoms with Crippen molar-refractivity contribution in [3.8, 4) is 0 Å². The molecule has 7 heteroatoms. The largest absolute Gasteiger partial charge is 0.465 e. The van der Waals surface area contributed by atoms with Gasteiger partial charge in [0.1, 0.15) is 19.3 Å². The highest BCUT2D eigenvalue weighted by Gasteiger charge is 2.59. The summed E-state index contributed by atoms with van der Waals surface area (Å²) in [5.74, 6) is -0.937. The van der Waals surface area contributed by atoms with Crippen molar-refractivity contribution in [2.75, 3.05) is 13.2 Å². The first-order chi connectivity index (χ1) is 20.2. The molecule has 0 radical (unpaired) electrons. The van der Waals surface area contributed by atoms with Crippen LogP contribution in [0.3, 0.4) is 0 Å². The predicted octanol–water partition coefficient (Wildman–Crippen LogP) is 6.21. The third-order valence-electron chi connectivity index (χ3n) is 9.55. The van der Waals surface area contributed by atoms with E-state index in [1.165, 1.54) is 6.20 Å². The van der Waals surface area contributed by atoms with E-state index in [-0.39, 0.29) is 42.2 Å². The molecule has 5 rings (SSSR count). The van der Waals surface area contributed by atoms with Crippen LogP contribution in [0.15, 0.2) is 90.8 Å². The van der Waals surface area contributed by atoms with Gasteiger partial charge in [0.25, 0.3) is 0 Å². The molecule has 7 nitrogen and oxygen atoms in total. The average molecular weight is 570 g/mol. The molecule has 2 heterocycles. The lowest BCUT2D eigenvalue weighted by Gasteiger charge is -2.59. The molecule has 2 aromatic rings. The van der Waals surface area contributed by atoms with Crippen molar-refractivity contribution >= 4 is 17.9 Å². The normalized spacial score (nSPS) is 29.0. The van der Waals surface area contributed by atoms with Gasteiger partial charge in [-0.1, -0.05) is 68.5 Å². The molecule has 0 bridgehead atoms. The van der Waals surface area contributed by atoms with Gasteiger partial charge < -0.3 is 14.2 Å². The third-order valence-corrected chi connectivity index (χ3v) is 9.55. The first-order valence-electron chi connectivity index (χ1n) is 14.7. The van der Waals surface area contributed by atoms with Crippen LogP contribution in [-0.2, 0) is 30.2 Å². The number of ether oxygens (including phenoxy) is 3. The van der Waals surface area contributed by atoms with E-state index in [1.54, 1.807) is 24.4 Å². The molecule has 2 fully saturated rings. The predicted molar refractivity (Wildman–Crippen MR) is 158 cm³/mol. The maximum absolute atomic E-state index is 13.2. The smallest absolute Gasteiger partial charge is 0.339 e. The fraction of sp³-hybridized carbons (Fsp3) is 0.429. The van der Waals surface area contributed by atoms with Crippen LogP contribution in [0.2, 0.25) is 0 Å². The number of fused-ring (bicyclic) bond motifs is 1. The summed E-state index contributed by atoms with van der Waals surface area (Å²) in [6, 6.07) is 13.3. The summed E-state index contributed by atoms with van der Waals surface area (Å²) in [5.41, 5.74) is 2.27. The van der Waals surface area contributed by atoms with Crippen molar-refractivity contribution in [3.63, 3.8) is 0 Å². The minimum absolute atomic E-state index is 0.00799.